The van der Waals surface area contributed by atoms with E-state index in [2.05, 4.69) is 15.0 Å². The molecule has 0 radical (unpaired) electrons. The second-order valence-corrected chi connectivity index (χ2v) is 6.24. The summed E-state index contributed by atoms with van der Waals surface area (Å²) in [5, 5.41) is 3.21. The third kappa shape index (κ3) is 3.83. The minimum atomic E-state index is -3.61. The van der Waals surface area contributed by atoms with E-state index < -0.39 is 10.0 Å². The maximum absolute atomic E-state index is 12.4. The Morgan fingerprint density at radius 1 is 1.29 bits per heavy atom. The van der Waals surface area contributed by atoms with Crippen LogP contribution in [0.5, 0.6) is 0 Å². The maximum Gasteiger partial charge on any atom is 0.264 e. The molecule has 0 aromatic carbocycles. The van der Waals surface area contributed by atoms with Gasteiger partial charge in [0, 0.05) is 31.2 Å². The number of hydrogen-bond acceptors (Lipinski definition) is 4. The summed E-state index contributed by atoms with van der Waals surface area (Å²) in [6, 6.07) is 6.78. The Hall–Kier alpha value is -1.86. The van der Waals surface area contributed by atoms with E-state index in [0.717, 1.165) is 18.8 Å². The van der Waals surface area contributed by atoms with Gasteiger partial charge in [-0.2, -0.15) is 0 Å². The number of anilines is 1. The number of aromatic nitrogens is 2. The fourth-order valence-electron chi connectivity index (χ4n) is 1.99. The molecule has 0 aliphatic carbocycles. The molecule has 7 heteroatoms. The lowest BCUT2D eigenvalue weighted by Gasteiger charge is -2.05. The molecule has 0 bridgehead atoms. The molecule has 21 heavy (non-hydrogen) atoms. The summed E-state index contributed by atoms with van der Waals surface area (Å²) in [6.07, 6.45) is 3.20. The summed E-state index contributed by atoms with van der Waals surface area (Å²) < 4.78 is 29.2. The Bertz CT molecular complexity index is 680. The number of pyridine rings is 1. The van der Waals surface area contributed by atoms with Gasteiger partial charge in [-0.25, -0.2) is 13.4 Å². The number of hydrogen-bond donors (Lipinski definition) is 2. The second kappa shape index (κ2) is 6.73. The Morgan fingerprint density at radius 2 is 2.10 bits per heavy atom. The van der Waals surface area contributed by atoms with Crippen molar-refractivity contribution in [1.82, 2.24) is 14.9 Å². The van der Waals surface area contributed by atoms with Crippen molar-refractivity contribution in [1.29, 1.82) is 0 Å². The van der Waals surface area contributed by atoms with Crippen LogP contribution in [-0.2, 0) is 23.1 Å². The van der Waals surface area contributed by atoms with Gasteiger partial charge < -0.3 is 9.88 Å². The molecule has 0 unspecified atom stereocenters. The lowest BCUT2D eigenvalue weighted by Crippen LogP contribution is -2.14. The first-order valence-corrected chi connectivity index (χ1v) is 8.38. The van der Waals surface area contributed by atoms with Crippen LogP contribution in [-0.4, -0.2) is 24.5 Å². The first-order valence-electron chi connectivity index (χ1n) is 6.90. The normalized spacial score (nSPS) is 11.5. The molecule has 2 aromatic rings. The zero-order chi connectivity index (χ0) is 15.3. The molecule has 114 valence electrons. The standard InChI is InChI=1S/C14H20N4O2S/c1-3-15-10-12-9-13(11-18(12)4-2)21(19,20)17-14-7-5-6-8-16-14/h5-9,11,15H,3-4,10H2,1-2H3,(H,16,17). The fourth-order valence-corrected chi connectivity index (χ4v) is 3.06. The highest BCUT2D eigenvalue weighted by molar-refractivity contribution is 7.92. The number of aryl methyl sites for hydroxylation is 1. The van der Waals surface area contributed by atoms with E-state index in [-0.39, 0.29) is 4.90 Å². The van der Waals surface area contributed by atoms with Crippen LogP contribution in [0.15, 0.2) is 41.6 Å². The van der Waals surface area contributed by atoms with Crippen molar-refractivity contribution >= 4 is 15.8 Å². The van der Waals surface area contributed by atoms with Gasteiger partial charge in [0.2, 0.25) is 0 Å². The van der Waals surface area contributed by atoms with E-state index >= 15 is 0 Å². The predicted molar refractivity (Wildman–Crippen MR) is 82.5 cm³/mol. The van der Waals surface area contributed by atoms with Crippen LogP contribution in [0.1, 0.15) is 19.5 Å². The predicted octanol–water partition coefficient (Wildman–Crippen LogP) is 1.81. The Kier molecular flexibility index (Phi) is 4.98. The lowest BCUT2D eigenvalue weighted by atomic mass is 10.4. The van der Waals surface area contributed by atoms with Gasteiger partial charge >= 0.3 is 0 Å². The summed E-state index contributed by atoms with van der Waals surface area (Å²) in [5.41, 5.74) is 0.945. The van der Waals surface area contributed by atoms with E-state index in [1.807, 2.05) is 18.4 Å². The third-order valence-electron chi connectivity index (χ3n) is 3.07. The largest absolute Gasteiger partial charge is 0.349 e. The molecule has 0 fully saturated rings. The molecular formula is C14H20N4O2S. The molecule has 0 saturated carbocycles. The summed E-state index contributed by atoms with van der Waals surface area (Å²) in [5.74, 6) is 0.315. The van der Waals surface area contributed by atoms with E-state index in [4.69, 9.17) is 0 Å². The quantitative estimate of drug-likeness (QED) is 0.818. The average molecular weight is 308 g/mol. The number of nitrogens with one attached hydrogen (secondary N) is 2. The second-order valence-electron chi connectivity index (χ2n) is 4.55. The Morgan fingerprint density at radius 3 is 2.71 bits per heavy atom. The van der Waals surface area contributed by atoms with Crippen molar-refractivity contribution in [3.8, 4) is 0 Å². The molecular weight excluding hydrogens is 288 g/mol. The van der Waals surface area contributed by atoms with Crippen LogP contribution in [0.2, 0.25) is 0 Å². The van der Waals surface area contributed by atoms with Gasteiger partial charge in [0.05, 0.1) is 0 Å². The average Bonchev–Trinajstić information content (AvgIpc) is 2.90. The third-order valence-corrected chi connectivity index (χ3v) is 4.39. The van der Waals surface area contributed by atoms with Gasteiger partial charge in [0.25, 0.3) is 10.0 Å². The first kappa shape index (κ1) is 15.5. The smallest absolute Gasteiger partial charge is 0.264 e. The molecule has 0 aliphatic heterocycles. The van der Waals surface area contributed by atoms with Crippen LogP contribution in [0.4, 0.5) is 5.82 Å². The zero-order valence-corrected chi connectivity index (χ0v) is 13.0. The van der Waals surface area contributed by atoms with E-state index in [1.165, 1.54) is 0 Å². The van der Waals surface area contributed by atoms with Crippen LogP contribution in [0, 0.1) is 0 Å². The van der Waals surface area contributed by atoms with Crippen molar-refractivity contribution in [3.05, 3.63) is 42.4 Å². The van der Waals surface area contributed by atoms with Gasteiger partial charge in [0.1, 0.15) is 10.7 Å². The van der Waals surface area contributed by atoms with Gasteiger partial charge in [-0.1, -0.05) is 13.0 Å². The van der Waals surface area contributed by atoms with Crippen LogP contribution in [0.3, 0.4) is 0 Å². The number of rotatable bonds is 7. The van der Waals surface area contributed by atoms with E-state index in [9.17, 15) is 8.42 Å². The molecule has 0 atom stereocenters. The molecule has 2 N–H and O–H groups in total. The zero-order valence-electron chi connectivity index (χ0n) is 12.2. The number of nitrogens with zero attached hydrogens (tertiary/aromatic N) is 2. The highest BCUT2D eigenvalue weighted by atomic mass is 32.2. The fraction of sp³-hybridized carbons (Fsp3) is 0.357. The van der Waals surface area contributed by atoms with Crippen molar-refractivity contribution in [2.45, 2.75) is 31.8 Å². The molecule has 0 spiro atoms. The number of sulfonamides is 1. The van der Waals surface area contributed by atoms with E-state index in [1.54, 1.807) is 36.7 Å². The highest BCUT2D eigenvalue weighted by Gasteiger charge is 2.18. The summed E-state index contributed by atoms with van der Waals surface area (Å²) in [6.45, 7) is 6.20. The maximum atomic E-state index is 12.4. The van der Waals surface area contributed by atoms with Crippen LogP contribution < -0.4 is 10.0 Å². The lowest BCUT2D eigenvalue weighted by molar-refractivity contribution is 0.600. The van der Waals surface area contributed by atoms with Crippen molar-refractivity contribution < 1.29 is 8.42 Å². The molecule has 6 nitrogen and oxygen atoms in total. The molecule has 2 aromatic heterocycles. The Labute approximate surface area is 125 Å². The van der Waals surface area contributed by atoms with Gasteiger partial charge in [-0.3, -0.25) is 4.72 Å². The summed E-state index contributed by atoms with van der Waals surface area (Å²) >= 11 is 0. The molecule has 0 saturated heterocycles. The summed E-state index contributed by atoms with van der Waals surface area (Å²) in [7, 11) is -3.61. The minimum absolute atomic E-state index is 0.253. The topological polar surface area (TPSA) is 76.0 Å². The van der Waals surface area contributed by atoms with Gasteiger partial charge in [-0.15, -0.1) is 0 Å². The molecule has 0 aliphatic rings. The van der Waals surface area contributed by atoms with Gasteiger partial charge in [-0.05, 0) is 31.7 Å². The van der Waals surface area contributed by atoms with Crippen molar-refractivity contribution in [3.63, 3.8) is 0 Å². The van der Waals surface area contributed by atoms with Crippen LogP contribution >= 0.6 is 0 Å². The summed E-state index contributed by atoms with van der Waals surface area (Å²) in [4.78, 5) is 4.23. The van der Waals surface area contributed by atoms with Crippen LogP contribution in [0.25, 0.3) is 0 Å². The highest BCUT2D eigenvalue weighted by Crippen LogP contribution is 2.17. The van der Waals surface area contributed by atoms with E-state index in [0.29, 0.717) is 12.4 Å². The van der Waals surface area contributed by atoms with Gasteiger partial charge in [0.15, 0.2) is 0 Å². The first-order chi connectivity index (χ1) is 10.1. The molecule has 2 heterocycles. The molecule has 2 rings (SSSR count). The van der Waals surface area contributed by atoms with Crippen molar-refractivity contribution in [2.24, 2.45) is 0 Å². The molecule has 0 amide bonds. The monoisotopic (exact) mass is 308 g/mol. The Balaban J connectivity index is 2.25. The minimum Gasteiger partial charge on any atom is -0.349 e. The van der Waals surface area contributed by atoms with Crippen molar-refractivity contribution in [2.75, 3.05) is 11.3 Å². The SMILES string of the molecule is CCNCc1cc(S(=O)(=O)Nc2ccccn2)cn1CC.